The van der Waals surface area contributed by atoms with Crippen LogP contribution in [0.2, 0.25) is 0 Å². The number of nitrogens with zero attached hydrogens (tertiary/aromatic N) is 3. The molecule has 0 aromatic carbocycles. The third kappa shape index (κ3) is 3.42. The van der Waals surface area contributed by atoms with Gasteiger partial charge in [0.15, 0.2) is 0 Å². The van der Waals surface area contributed by atoms with Gasteiger partial charge in [-0.3, -0.25) is 0 Å². The molecule has 0 bridgehead atoms. The van der Waals surface area contributed by atoms with E-state index in [0.717, 1.165) is 24.7 Å². The monoisotopic (exact) mass is 248 g/mol. The molecule has 4 heteroatoms. The summed E-state index contributed by atoms with van der Waals surface area (Å²) in [5.41, 5.74) is 1.41. The summed E-state index contributed by atoms with van der Waals surface area (Å²) in [6.45, 7) is 4.12. The van der Waals surface area contributed by atoms with Gasteiger partial charge in [0.1, 0.15) is 0 Å². The molecule has 1 saturated carbocycles. The summed E-state index contributed by atoms with van der Waals surface area (Å²) in [6.07, 6.45) is 7.14. The van der Waals surface area contributed by atoms with E-state index in [0.29, 0.717) is 5.41 Å². The molecule has 1 N–H and O–H groups in total. The Balaban J connectivity index is 1.97. The Hall–Kier alpha value is -1.16. The van der Waals surface area contributed by atoms with Crippen LogP contribution in [0.4, 0.5) is 5.95 Å². The minimum atomic E-state index is 0.399. The average Bonchev–Trinajstić information content (AvgIpc) is 2.75. The molecule has 4 nitrogen and oxygen atoms in total. The van der Waals surface area contributed by atoms with Crippen molar-refractivity contribution < 1.29 is 0 Å². The third-order valence-corrected chi connectivity index (χ3v) is 3.73. The van der Waals surface area contributed by atoms with Gasteiger partial charge in [-0.25, -0.2) is 9.97 Å². The van der Waals surface area contributed by atoms with Gasteiger partial charge in [-0.15, -0.1) is 0 Å². The predicted molar refractivity (Wildman–Crippen MR) is 74.7 cm³/mol. The number of nitrogens with one attached hydrogen (secondary N) is 1. The SMILES string of the molecule is Cc1ccnc(NCC2(CN(C)C)CCCC2)n1. The Bertz CT molecular complexity index is 383. The first kappa shape index (κ1) is 13.3. The zero-order valence-corrected chi connectivity index (χ0v) is 11.7. The third-order valence-electron chi connectivity index (χ3n) is 3.73. The number of hydrogen-bond acceptors (Lipinski definition) is 4. The number of hydrogen-bond donors (Lipinski definition) is 1. The quantitative estimate of drug-likeness (QED) is 0.868. The fraction of sp³-hybridized carbons (Fsp3) is 0.714. The van der Waals surface area contributed by atoms with Gasteiger partial charge in [0.2, 0.25) is 5.95 Å². The van der Waals surface area contributed by atoms with Gasteiger partial charge < -0.3 is 10.2 Å². The summed E-state index contributed by atoms with van der Waals surface area (Å²) < 4.78 is 0. The Kier molecular flexibility index (Phi) is 4.17. The van der Waals surface area contributed by atoms with E-state index in [1.807, 2.05) is 19.2 Å². The predicted octanol–water partition coefficient (Wildman–Crippen LogP) is 2.32. The first-order chi connectivity index (χ1) is 8.60. The number of rotatable bonds is 5. The van der Waals surface area contributed by atoms with Crippen molar-refractivity contribution in [3.63, 3.8) is 0 Å². The molecule has 0 unspecified atom stereocenters. The summed E-state index contributed by atoms with van der Waals surface area (Å²) in [5, 5.41) is 3.42. The largest absolute Gasteiger partial charge is 0.354 e. The van der Waals surface area contributed by atoms with Crippen LogP contribution in [0.5, 0.6) is 0 Å². The van der Waals surface area contributed by atoms with Crippen molar-refractivity contribution in [2.24, 2.45) is 5.41 Å². The lowest BCUT2D eigenvalue weighted by Gasteiger charge is -2.32. The van der Waals surface area contributed by atoms with Crippen LogP contribution in [-0.2, 0) is 0 Å². The van der Waals surface area contributed by atoms with Crippen molar-refractivity contribution in [1.29, 1.82) is 0 Å². The van der Waals surface area contributed by atoms with Crippen LogP contribution >= 0.6 is 0 Å². The Morgan fingerprint density at radius 1 is 1.33 bits per heavy atom. The maximum absolute atomic E-state index is 4.41. The summed E-state index contributed by atoms with van der Waals surface area (Å²) >= 11 is 0. The molecule has 0 amide bonds. The van der Waals surface area contributed by atoms with E-state index in [2.05, 4.69) is 34.3 Å². The van der Waals surface area contributed by atoms with Gasteiger partial charge in [0.25, 0.3) is 0 Å². The molecule has 0 radical (unpaired) electrons. The zero-order valence-electron chi connectivity index (χ0n) is 11.7. The lowest BCUT2D eigenvalue weighted by molar-refractivity contribution is 0.215. The molecular weight excluding hydrogens is 224 g/mol. The highest BCUT2D eigenvalue weighted by molar-refractivity contribution is 5.25. The standard InChI is InChI=1S/C14H24N4/c1-12-6-9-15-13(17-12)16-10-14(11-18(2)3)7-4-5-8-14/h6,9H,4-5,7-8,10-11H2,1-3H3,(H,15,16,17). The summed E-state index contributed by atoms with van der Waals surface area (Å²) in [7, 11) is 4.31. The first-order valence-corrected chi connectivity index (χ1v) is 6.78. The average molecular weight is 248 g/mol. The molecule has 0 atom stereocenters. The normalized spacial score (nSPS) is 18.2. The van der Waals surface area contributed by atoms with E-state index in [4.69, 9.17) is 0 Å². The molecule has 0 saturated heterocycles. The number of aryl methyl sites for hydroxylation is 1. The topological polar surface area (TPSA) is 41.1 Å². The summed E-state index contributed by atoms with van der Waals surface area (Å²) in [6, 6.07) is 1.93. The Labute approximate surface area is 110 Å². The molecule has 1 aliphatic rings. The lowest BCUT2D eigenvalue weighted by atomic mass is 9.85. The molecule has 100 valence electrons. The van der Waals surface area contributed by atoms with Gasteiger partial charge >= 0.3 is 0 Å². The van der Waals surface area contributed by atoms with Crippen LogP contribution in [0.15, 0.2) is 12.3 Å². The maximum atomic E-state index is 4.41. The maximum Gasteiger partial charge on any atom is 0.222 e. The van der Waals surface area contributed by atoms with Gasteiger partial charge in [-0.05, 0) is 39.9 Å². The van der Waals surface area contributed by atoms with Crippen LogP contribution in [0.25, 0.3) is 0 Å². The van der Waals surface area contributed by atoms with Crippen LogP contribution in [0.1, 0.15) is 31.4 Å². The highest BCUT2D eigenvalue weighted by Gasteiger charge is 2.34. The van der Waals surface area contributed by atoms with E-state index in [1.54, 1.807) is 0 Å². The molecule has 1 aromatic heterocycles. The van der Waals surface area contributed by atoms with Crippen molar-refractivity contribution in [2.75, 3.05) is 32.5 Å². The lowest BCUT2D eigenvalue weighted by Crippen LogP contribution is -2.37. The molecule has 1 aliphatic carbocycles. The van der Waals surface area contributed by atoms with E-state index in [1.165, 1.54) is 25.7 Å². The van der Waals surface area contributed by atoms with Crippen molar-refractivity contribution in [2.45, 2.75) is 32.6 Å². The molecule has 1 heterocycles. The van der Waals surface area contributed by atoms with Crippen molar-refractivity contribution in [1.82, 2.24) is 14.9 Å². The van der Waals surface area contributed by atoms with Crippen LogP contribution in [-0.4, -0.2) is 42.1 Å². The fourth-order valence-corrected chi connectivity index (χ4v) is 2.99. The summed E-state index contributed by atoms with van der Waals surface area (Å²) in [4.78, 5) is 11.0. The van der Waals surface area contributed by atoms with E-state index in [-0.39, 0.29) is 0 Å². The van der Waals surface area contributed by atoms with Gasteiger partial charge in [0, 0.05) is 30.4 Å². The van der Waals surface area contributed by atoms with Crippen LogP contribution in [0, 0.1) is 12.3 Å². The second kappa shape index (κ2) is 5.65. The van der Waals surface area contributed by atoms with E-state index in [9.17, 15) is 0 Å². The van der Waals surface area contributed by atoms with Gasteiger partial charge in [-0.1, -0.05) is 12.8 Å². The molecule has 0 aliphatic heterocycles. The fourth-order valence-electron chi connectivity index (χ4n) is 2.99. The number of anilines is 1. The zero-order chi connectivity index (χ0) is 13.0. The molecular formula is C14H24N4. The van der Waals surface area contributed by atoms with Gasteiger partial charge in [0.05, 0.1) is 0 Å². The minimum Gasteiger partial charge on any atom is -0.354 e. The molecule has 1 fully saturated rings. The molecule has 2 rings (SSSR count). The molecule has 0 spiro atoms. The minimum absolute atomic E-state index is 0.399. The second-order valence-electron chi connectivity index (χ2n) is 5.82. The first-order valence-electron chi connectivity index (χ1n) is 6.78. The Morgan fingerprint density at radius 3 is 2.67 bits per heavy atom. The molecule has 1 aromatic rings. The molecule has 18 heavy (non-hydrogen) atoms. The smallest absolute Gasteiger partial charge is 0.222 e. The van der Waals surface area contributed by atoms with Crippen LogP contribution in [0.3, 0.4) is 0 Å². The van der Waals surface area contributed by atoms with E-state index >= 15 is 0 Å². The van der Waals surface area contributed by atoms with E-state index < -0.39 is 0 Å². The van der Waals surface area contributed by atoms with Crippen molar-refractivity contribution >= 4 is 5.95 Å². The second-order valence-corrected chi connectivity index (χ2v) is 5.82. The highest BCUT2D eigenvalue weighted by Crippen LogP contribution is 2.38. The Morgan fingerprint density at radius 2 is 2.06 bits per heavy atom. The van der Waals surface area contributed by atoms with Gasteiger partial charge in [-0.2, -0.15) is 0 Å². The summed E-state index contributed by atoms with van der Waals surface area (Å²) in [5.74, 6) is 0.764. The highest BCUT2D eigenvalue weighted by atomic mass is 15.1. The van der Waals surface area contributed by atoms with Crippen LogP contribution < -0.4 is 5.32 Å². The van der Waals surface area contributed by atoms with Crippen molar-refractivity contribution in [3.05, 3.63) is 18.0 Å². The van der Waals surface area contributed by atoms with Crippen molar-refractivity contribution in [3.8, 4) is 0 Å². The number of aromatic nitrogens is 2.